The van der Waals surface area contributed by atoms with Gasteiger partial charge < -0.3 is 20.4 Å². The van der Waals surface area contributed by atoms with Crippen molar-refractivity contribution >= 4 is 18.2 Å². The van der Waals surface area contributed by atoms with Crippen LogP contribution in [0.15, 0.2) is 28.5 Å². The molecule has 1 heterocycles. The Morgan fingerprint density at radius 1 is 0.974 bits per heavy atom. The number of nitrogens with two attached hydrogens (primary N) is 1. The first-order valence-electron chi connectivity index (χ1n) is 15.5. The summed E-state index contributed by atoms with van der Waals surface area (Å²) >= 11 is 0. The predicted octanol–water partition coefficient (Wildman–Crippen LogP) is 4.24. The number of likely N-dealkylation sites (N-methyl/N-ethyl adjacent to an activating group) is 1. The van der Waals surface area contributed by atoms with Gasteiger partial charge in [-0.3, -0.25) is 14.5 Å². The van der Waals surface area contributed by atoms with Crippen LogP contribution in [0.25, 0.3) is 0 Å². The van der Waals surface area contributed by atoms with Crippen LogP contribution in [0.3, 0.4) is 0 Å². The summed E-state index contributed by atoms with van der Waals surface area (Å²) in [7, 11) is 3.81. The highest BCUT2D eigenvalue weighted by Gasteiger charge is 2.30. The second-order valence-electron chi connectivity index (χ2n) is 12.0. The van der Waals surface area contributed by atoms with Crippen LogP contribution < -0.4 is 5.73 Å². The van der Waals surface area contributed by atoms with Gasteiger partial charge in [0.25, 0.3) is 5.91 Å². The lowest BCUT2D eigenvalue weighted by Crippen LogP contribution is -2.52. The molecule has 0 spiro atoms. The van der Waals surface area contributed by atoms with Gasteiger partial charge in [-0.05, 0) is 43.6 Å². The molecule has 39 heavy (non-hydrogen) atoms. The highest BCUT2D eigenvalue weighted by Crippen LogP contribution is 2.28. The molecule has 3 rings (SSSR count). The van der Waals surface area contributed by atoms with Crippen LogP contribution in [0.5, 0.6) is 0 Å². The highest BCUT2D eigenvalue weighted by molar-refractivity contribution is 5.94. The van der Waals surface area contributed by atoms with Crippen molar-refractivity contribution in [2.24, 2.45) is 22.6 Å². The van der Waals surface area contributed by atoms with E-state index in [0.717, 1.165) is 70.5 Å². The Balaban J connectivity index is 1.69. The molecule has 2 N–H and O–H groups in total. The van der Waals surface area contributed by atoms with E-state index in [1.807, 2.05) is 19.0 Å². The number of rotatable bonds is 12. The minimum Gasteiger partial charge on any atom is -0.390 e. The van der Waals surface area contributed by atoms with Crippen molar-refractivity contribution < 1.29 is 9.59 Å². The molecule has 0 aromatic rings. The molecule has 2 saturated carbocycles. The van der Waals surface area contributed by atoms with E-state index < -0.39 is 0 Å². The third-order valence-corrected chi connectivity index (χ3v) is 8.78. The first-order valence-corrected chi connectivity index (χ1v) is 15.5. The van der Waals surface area contributed by atoms with Crippen molar-refractivity contribution in [2.45, 2.75) is 84.0 Å². The fraction of sp³-hybridized carbons (Fsp3) is 0.774. The molecule has 0 aromatic carbocycles. The number of carbonyl (C=O) groups excluding carboxylic acids is 2. The Kier molecular flexibility index (Phi) is 12.8. The van der Waals surface area contributed by atoms with E-state index in [0.29, 0.717) is 29.8 Å². The second kappa shape index (κ2) is 16.0. The maximum atomic E-state index is 14.2. The molecule has 220 valence electrons. The van der Waals surface area contributed by atoms with Gasteiger partial charge in [0.2, 0.25) is 5.91 Å². The number of amides is 2. The largest absolute Gasteiger partial charge is 0.390 e. The van der Waals surface area contributed by atoms with E-state index in [9.17, 15) is 9.59 Å². The van der Waals surface area contributed by atoms with Crippen molar-refractivity contribution in [1.29, 1.82) is 0 Å². The minimum absolute atomic E-state index is 0.00883. The summed E-state index contributed by atoms with van der Waals surface area (Å²) in [6.45, 7) is 11.9. The van der Waals surface area contributed by atoms with E-state index >= 15 is 0 Å². The number of allylic oxidation sites excluding steroid dienone is 1. The second-order valence-corrected chi connectivity index (χ2v) is 12.0. The fourth-order valence-electron chi connectivity index (χ4n) is 6.49. The lowest BCUT2D eigenvalue weighted by Gasteiger charge is -2.38. The highest BCUT2D eigenvalue weighted by atomic mass is 16.2. The standard InChI is InChI=1S/C31H54N6O2/c1-5-12-25(2)28(33-24-32)29(34(3)4)31(39)37(23-26-13-8-6-9-14-26)22-19-35-17-20-36(21-18-35)30(38)27-15-10-7-11-16-27/h24,26-27H,2,5-23H2,1,3-4H3,(H2,32,33)/b29-28+. The molecular formula is C31H54N6O2. The van der Waals surface area contributed by atoms with E-state index in [1.54, 1.807) is 0 Å². The van der Waals surface area contributed by atoms with Crippen molar-refractivity contribution in [2.75, 3.05) is 59.9 Å². The van der Waals surface area contributed by atoms with Gasteiger partial charge in [0.1, 0.15) is 5.70 Å². The van der Waals surface area contributed by atoms with E-state index in [1.165, 1.54) is 57.7 Å². The quantitative estimate of drug-likeness (QED) is 0.173. The molecule has 2 aliphatic carbocycles. The van der Waals surface area contributed by atoms with Crippen LogP contribution in [-0.2, 0) is 9.59 Å². The Labute approximate surface area is 237 Å². The number of aliphatic imine (C=N–C) groups is 1. The van der Waals surface area contributed by atoms with Gasteiger partial charge in [0.05, 0.1) is 12.0 Å². The summed E-state index contributed by atoms with van der Waals surface area (Å²) in [6, 6.07) is 0. The lowest BCUT2D eigenvalue weighted by atomic mass is 9.88. The normalized spacial score (nSPS) is 20.6. The average molecular weight is 543 g/mol. The van der Waals surface area contributed by atoms with Crippen LogP contribution in [0.2, 0.25) is 0 Å². The van der Waals surface area contributed by atoms with Gasteiger partial charge in [-0.15, -0.1) is 0 Å². The number of carbonyl (C=O) groups is 2. The van der Waals surface area contributed by atoms with Crippen LogP contribution in [-0.4, -0.2) is 97.7 Å². The molecule has 8 nitrogen and oxygen atoms in total. The van der Waals surface area contributed by atoms with E-state index in [2.05, 4.69) is 33.2 Å². The lowest BCUT2D eigenvalue weighted by molar-refractivity contribution is -0.138. The first-order chi connectivity index (χ1) is 18.8. The molecule has 0 radical (unpaired) electrons. The maximum Gasteiger partial charge on any atom is 0.272 e. The zero-order valence-corrected chi connectivity index (χ0v) is 25.0. The Morgan fingerprint density at radius 2 is 1.59 bits per heavy atom. The molecule has 1 aliphatic heterocycles. The minimum atomic E-state index is 0.00883. The summed E-state index contributed by atoms with van der Waals surface area (Å²) in [5.74, 6) is 1.15. The maximum absolute atomic E-state index is 14.2. The molecule has 2 amide bonds. The van der Waals surface area contributed by atoms with Gasteiger partial charge >= 0.3 is 0 Å². The average Bonchev–Trinajstić information content (AvgIpc) is 2.95. The SMILES string of the molecule is C=C(CCC)/C(N=CN)=C(/C(=O)N(CCN1CCN(C(=O)C2CCCCC2)CC1)CC1CCCCC1)N(C)C. The Bertz CT molecular complexity index is 862. The molecule has 0 bridgehead atoms. The van der Waals surface area contributed by atoms with E-state index in [4.69, 9.17) is 5.73 Å². The predicted molar refractivity (Wildman–Crippen MR) is 160 cm³/mol. The summed E-state index contributed by atoms with van der Waals surface area (Å²) in [5.41, 5.74) is 7.72. The number of piperazine rings is 1. The van der Waals surface area contributed by atoms with Crippen molar-refractivity contribution in [3.8, 4) is 0 Å². The first kappa shape index (κ1) is 31.2. The molecule has 0 unspecified atom stereocenters. The van der Waals surface area contributed by atoms with Gasteiger partial charge in [-0.2, -0.15) is 0 Å². The smallest absolute Gasteiger partial charge is 0.272 e. The molecule has 1 saturated heterocycles. The van der Waals surface area contributed by atoms with Crippen LogP contribution in [0.4, 0.5) is 0 Å². The molecule has 0 aromatic heterocycles. The third-order valence-electron chi connectivity index (χ3n) is 8.78. The zero-order chi connectivity index (χ0) is 28.2. The topological polar surface area (TPSA) is 85.5 Å². The van der Waals surface area contributed by atoms with Crippen molar-refractivity contribution in [3.63, 3.8) is 0 Å². The van der Waals surface area contributed by atoms with Crippen LogP contribution >= 0.6 is 0 Å². The van der Waals surface area contributed by atoms with Gasteiger partial charge in [-0.1, -0.05) is 58.4 Å². The molecule has 3 fully saturated rings. The summed E-state index contributed by atoms with van der Waals surface area (Å²) in [4.78, 5) is 40.0. The summed E-state index contributed by atoms with van der Waals surface area (Å²) < 4.78 is 0. The monoisotopic (exact) mass is 542 g/mol. The molecular weight excluding hydrogens is 488 g/mol. The van der Waals surface area contributed by atoms with Gasteiger partial charge in [-0.25, -0.2) is 4.99 Å². The molecule has 8 heteroatoms. The third kappa shape index (κ3) is 9.09. The number of hydrogen-bond donors (Lipinski definition) is 1. The van der Waals surface area contributed by atoms with Crippen molar-refractivity contribution in [1.82, 2.24) is 19.6 Å². The van der Waals surface area contributed by atoms with Gasteiger partial charge in [0.15, 0.2) is 0 Å². The van der Waals surface area contributed by atoms with Gasteiger partial charge in [0, 0.05) is 65.8 Å². The zero-order valence-electron chi connectivity index (χ0n) is 25.0. The summed E-state index contributed by atoms with van der Waals surface area (Å²) in [5, 5.41) is 0. The van der Waals surface area contributed by atoms with Crippen LogP contribution in [0.1, 0.15) is 84.0 Å². The Morgan fingerprint density at radius 3 is 2.15 bits per heavy atom. The molecule has 3 aliphatic rings. The Hall–Kier alpha value is -2.35. The summed E-state index contributed by atoms with van der Waals surface area (Å²) in [6.07, 6.45) is 14.9. The molecule has 0 atom stereocenters. The number of hydrogen-bond acceptors (Lipinski definition) is 5. The fourth-order valence-corrected chi connectivity index (χ4v) is 6.49. The van der Waals surface area contributed by atoms with E-state index in [-0.39, 0.29) is 11.8 Å². The van der Waals surface area contributed by atoms with Crippen LogP contribution in [0, 0.1) is 11.8 Å². The van der Waals surface area contributed by atoms with Crippen molar-refractivity contribution in [3.05, 3.63) is 23.5 Å². The number of nitrogens with zero attached hydrogens (tertiary/aromatic N) is 5.